The lowest BCUT2D eigenvalue weighted by atomic mass is 10.1. The molecule has 80 valence electrons. The molecule has 1 unspecified atom stereocenters. The van der Waals surface area contributed by atoms with Crippen LogP contribution in [0.3, 0.4) is 0 Å². The van der Waals surface area contributed by atoms with Gasteiger partial charge in [0.15, 0.2) is 0 Å². The normalized spacial score (nSPS) is 11.9. The molecule has 1 rings (SSSR count). The number of nitrogens with zero attached hydrogens (tertiary/aromatic N) is 1. The molecule has 2 N–H and O–H groups in total. The van der Waals surface area contributed by atoms with Gasteiger partial charge in [-0.25, -0.2) is 0 Å². The minimum absolute atomic E-state index is 0.142. The van der Waals surface area contributed by atoms with Crippen molar-refractivity contribution in [2.75, 3.05) is 18.5 Å². The second-order valence-corrected chi connectivity index (χ2v) is 4.30. The van der Waals surface area contributed by atoms with Crippen LogP contribution >= 0.6 is 15.9 Å². The smallest absolute Gasteiger partial charge is 0.103 e. The summed E-state index contributed by atoms with van der Waals surface area (Å²) in [4.78, 5) is 0. The van der Waals surface area contributed by atoms with Crippen LogP contribution in [0.1, 0.15) is 12.5 Å². The van der Waals surface area contributed by atoms with E-state index in [1.54, 1.807) is 0 Å². The van der Waals surface area contributed by atoms with Gasteiger partial charge < -0.3 is 10.4 Å². The van der Waals surface area contributed by atoms with Gasteiger partial charge in [-0.2, -0.15) is 5.26 Å². The van der Waals surface area contributed by atoms with E-state index in [1.165, 1.54) is 0 Å². The summed E-state index contributed by atoms with van der Waals surface area (Å²) in [5.74, 6) is 0.176. The molecule has 4 heteroatoms. The van der Waals surface area contributed by atoms with Gasteiger partial charge in [0.05, 0.1) is 11.3 Å². The number of aliphatic hydroxyl groups is 1. The summed E-state index contributed by atoms with van der Waals surface area (Å²) in [6.45, 7) is 2.74. The number of hydrogen-bond donors (Lipinski definition) is 2. The van der Waals surface area contributed by atoms with Crippen molar-refractivity contribution in [3.8, 4) is 6.07 Å². The van der Waals surface area contributed by atoms with Crippen molar-refractivity contribution < 1.29 is 5.11 Å². The quantitative estimate of drug-likeness (QED) is 0.882. The van der Waals surface area contributed by atoms with E-state index < -0.39 is 0 Å². The molecule has 3 nitrogen and oxygen atoms in total. The van der Waals surface area contributed by atoms with Gasteiger partial charge in [0.2, 0.25) is 0 Å². The van der Waals surface area contributed by atoms with E-state index in [2.05, 4.69) is 27.3 Å². The fourth-order valence-electron chi connectivity index (χ4n) is 1.13. The van der Waals surface area contributed by atoms with Crippen LogP contribution in [0.5, 0.6) is 0 Å². The predicted molar refractivity (Wildman–Crippen MR) is 63.6 cm³/mol. The fourth-order valence-corrected chi connectivity index (χ4v) is 1.59. The highest BCUT2D eigenvalue weighted by molar-refractivity contribution is 9.10. The van der Waals surface area contributed by atoms with Crippen molar-refractivity contribution in [2.24, 2.45) is 5.92 Å². The van der Waals surface area contributed by atoms with E-state index in [0.717, 1.165) is 10.2 Å². The average molecular weight is 269 g/mol. The number of halogens is 1. The van der Waals surface area contributed by atoms with E-state index in [1.807, 2.05) is 25.1 Å². The van der Waals surface area contributed by atoms with Crippen molar-refractivity contribution in [1.29, 1.82) is 5.26 Å². The van der Waals surface area contributed by atoms with Crippen LogP contribution in [0, 0.1) is 17.2 Å². The van der Waals surface area contributed by atoms with Gasteiger partial charge in [-0.1, -0.05) is 13.0 Å². The molecule has 0 saturated carbocycles. The first kappa shape index (κ1) is 12.0. The first-order chi connectivity index (χ1) is 7.19. The van der Waals surface area contributed by atoms with Gasteiger partial charge in [0, 0.05) is 17.6 Å². The largest absolute Gasteiger partial charge is 0.396 e. The predicted octanol–water partition coefficient (Wildman–Crippen LogP) is 2.36. The van der Waals surface area contributed by atoms with Gasteiger partial charge in [-0.15, -0.1) is 0 Å². The molecule has 0 radical (unpaired) electrons. The SMILES string of the molecule is CC(CO)CNc1cccc(Br)c1C#N. The number of anilines is 1. The zero-order chi connectivity index (χ0) is 11.3. The lowest BCUT2D eigenvalue weighted by molar-refractivity contribution is 0.244. The Hall–Kier alpha value is -1.05. The number of hydrogen-bond acceptors (Lipinski definition) is 3. The molecule has 0 fully saturated rings. The summed E-state index contributed by atoms with van der Waals surface area (Å²) >= 11 is 3.32. The zero-order valence-corrected chi connectivity index (χ0v) is 10.1. The summed E-state index contributed by atoms with van der Waals surface area (Å²) in [5.41, 5.74) is 1.40. The van der Waals surface area contributed by atoms with Gasteiger partial charge in [-0.05, 0) is 34.0 Å². The first-order valence-corrected chi connectivity index (χ1v) is 5.51. The Bertz CT molecular complexity index is 373. The zero-order valence-electron chi connectivity index (χ0n) is 8.50. The minimum atomic E-state index is 0.142. The molecule has 0 heterocycles. The Balaban J connectivity index is 2.77. The maximum absolute atomic E-state index is 8.95. The molecule has 0 aliphatic rings. The van der Waals surface area contributed by atoms with E-state index in [-0.39, 0.29) is 12.5 Å². The fraction of sp³-hybridized carbons (Fsp3) is 0.364. The molecule has 1 aromatic rings. The molecular weight excluding hydrogens is 256 g/mol. The molecule has 0 amide bonds. The summed E-state index contributed by atoms with van der Waals surface area (Å²) in [5, 5.41) is 21.0. The van der Waals surface area contributed by atoms with Crippen molar-refractivity contribution in [3.05, 3.63) is 28.2 Å². The molecule has 1 atom stereocenters. The second kappa shape index (κ2) is 5.74. The molecule has 0 bridgehead atoms. The third kappa shape index (κ3) is 3.22. The third-order valence-electron chi connectivity index (χ3n) is 2.08. The molecule has 0 aliphatic carbocycles. The van der Waals surface area contributed by atoms with Gasteiger partial charge >= 0.3 is 0 Å². The maximum Gasteiger partial charge on any atom is 0.103 e. The number of nitriles is 1. The minimum Gasteiger partial charge on any atom is -0.396 e. The highest BCUT2D eigenvalue weighted by Gasteiger charge is 2.06. The van der Waals surface area contributed by atoms with Crippen LogP contribution in [0.2, 0.25) is 0 Å². The van der Waals surface area contributed by atoms with Gasteiger partial charge in [0.1, 0.15) is 6.07 Å². The maximum atomic E-state index is 8.95. The van der Waals surface area contributed by atoms with Gasteiger partial charge in [0.25, 0.3) is 0 Å². The highest BCUT2D eigenvalue weighted by atomic mass is 79.9. The van der Waals surface area contributed by atoms with Crippen molar-refractivity contribution in [2.45, 2.75) is 6.92 Å². The van der Waals surface area contributed by atoms with Crippen molar-refractivity contribution >= 4 is 21.6 Å². The molecule has 0 spiro atoms. The summed E-state index contributed by atoms with van der Waals surface area (Å²) in [6.07, 6.45) is 0. The van der Waals surface area contributed by atoms with Crippen LogP contribution in [-0.2, 0) is 0 Å². The molecule has 1 aromatic carbocycles. The lowest BCUT2D eigenvalue weighted by Gasteiger charge is -2.12. The molecule has 0 aliphatic heterocycles. The molecule has 15 heavy (non-hydrogen) atoms. The highest BCUT2D eigenvalue weighted by Crippen LogP contribution is 2.23. The van der Waals surface area contributed by atoms with E-state index in [0.29, 0.717) is 12.1 Å². The van der Waals surface area contributed by atoms with Crippen LogP contribution in [0.4, 0.5) is 5.69 Å². The summed E-state index contributed by atoms with van der Waals surface area (Å²) in [6, 6.07) is 7.69. The van der Waals surface area contributed by atoms with Crippen molar-refractivity contribution in [3.63, 3.8) is 0 Å². The standard InChI is InChI=1S/C11H13BrN2O/c1-8(7-15)6-14-11-4-2-3-10(12)9(11)5-13/h2-4,8,14-15H,6-7H2,1H3. The Kier molecular flexibility index (Phi) is 4.60. The number of benzene rings is 1. The Morgan fingerprint density at radius 3 is 2.93 bits per heavy atom. The second-order valence-electron chi connectivity index (χ2n) is 3.44. The average Bonchev–Trinajstić information content (AvgIpc) is 2.25. The summed E-state index contributed by atoms with van der Waals surface area (Å²) < 4.78 is 0.784. The number of nitrogens with one attached hydrogen (secondary N) is 1. The number of rotatable bonds is 4. The molecule has 0 saturated heterocycles. The van der Waals surface area contributed by atoms with Crippen LogP contribution < -0.4 is 5.32 Å². The third-order valence-corrected chi connectivity index (χ3v) is 2.74. The lowest BCUT2D eigenvalue weighted by Crippen LogP contribution is -2.15. The molecule has 0 aromatic heterocycles. The summed E-state index contributed by atoms with van der Waals surface area (Å²) in [7, 11) is 0. The van der Waals surface area contributed by atoms with E-state index in [9.17, 15) is 0 Å². The Morgan fingerprint density at radius 1 is 1.60 bits per heavy atom. The van der Waals surface area contributed by atoms with E-state index >= 15 is 0 Å². The Labute approximate surface area is 97.9 Å². The van der Waals surface area contributed by atoms with E-state index in [4.69, 9.17) is 10.4 Å². The van der Waals surface area contributed by atoms with Crippen molar-refractivity contribution in [1.82, 2.24) is 0 Å². The number of aliphatic hydroxyl groups excluding tert-OH is 1. The molecular formula is C11H13BrN2O. The monoisotopic (exact) mass is 268 g/mol. The first-order valence-electron chi connectivity index (χ1n) is 4.72. The van der Waals surface area contributed by atoms with Crippen LogP contribution in [0.25, 0.3) is 0 Å². The van der Waals surface area contributed by atoms with Crippen LogP contribution in [0.15, 0.2) is 22.7 Å². The Morgan fingerprint density at radius 2 is 2.33 bits per heavy atom. The topological polar surface area (TPSA) is 56.0 Å². The van der Waals surface area contributed by atoms with Gasteiger partial charge in [-0.3, -0.25) is 0 Å². The van der Waals surface area contributed by atoms with Crippen LogP contribution in [-0.4, -0.2) is 18.3 Å².